The number of anilines is 2. The number of aryl methyl sites for hydroxylation is 1. The zero-order chi connectivity index (χ0) is 20.4. The van der Waals surface area contributed by atoms with Crippen LogP contribution in [0.2, 0.25) is 5.02 Å². The minimum absolute atomic E-state index is 0.354. The van der Waals surface area contributed by atoms with Gasteiger partial charge in [0, 0.05) is 35.7 Å². The van der Waals surface area contributed by atoms with Gasteiger partial charge in [0.05, 0.1) is 5.52 Å². The lowest BCUT2D eigenvalue weighted by molar-refractivity contribution is 0.627. The van der Waals surface area contributed by atoms with Crippen molar-refractivity contribution in [1.29, 1.82) is 0 Å². The Labute approximate surface area is 180 Å². The summed E-state index contributed by atoms with van der Waals surface area (Å²) in [5.41, 5.74) is 3.84. The van der Waals surface area contributed by atoms with Crippen LogP contribution in [-0.2, 0) is 6.54 Å². The number of halogens is 2. The number of fused-ring (bicyclic) bond motifs is 1. The Morgan fingerprint density at radius 3 is 2.72 bits per heavy atom. The number of benzene rings is 2. The molecular formula is C22H22ClFN4S. The second kappa shape index (κ2) is 8.51. The molecule has 0 aliphatic carbocycles. The number of aromatic nitrogens is 1. The first-order chi connectivity index (χ1) is 14.0. The second-order valence-electron chi connectivity index (χ2n) is 7.27. The van der Waals surface area contributed by atoms with E-state index in [1.54, 1.807) is 6.07 Å². The van der Waals surface area contributed by atoms with Gasteiger partial charge in [-0.25, -0.2) is 9.37 Å². The molecule has 1 saturated heterocycles. The van der Waals surface area contributed by atoms with Crippen LogP contribution in [0, 0.1) is 12.7 Å². The van der Waals surface area contributed by atoms with Crippen LogP contribution in [0.3, 0.4) is 0 Å². The first-order valence-corrected chi connectivity index (χ1v) is 10.4. The normalized spacial score (nSPS) is 13.7. The van der Waals surface area contributed by atoms with Gasteiger partial charge in [0.2, 0.25) is 0 Å². The third-order valence-electron chi connectivity index (χ3n) is 5.14. The van der Waals surface area contributed by atoms with Crippen molar-refractivity contribution in [2.24, 2.45) is 0 Å². The molecule has 2 aromatic carbocycles. The van der Waals surface area contributed by atoms with Gasteiger partial charge in [-0.05, 0) is 79.5 Å². The van der Waals surface area contributed by atoms with E-state index in [9.17, 15) is 4.39 Å². The Kier molecular flexibility index (Phi) is 5.83. The lowest BCUT2D eigenvalue weighted by atomic mass is 10.1. The van der Waals surface area contributed by atoms with Gasteiger partial charge in [0.25, 0.3) is 0 Å². The summed E-state index contributed by atoms with van der Waals surface area (Å²) in [6.45, 7) is 4.68. The summed E-state index contributed by atoms with van der Waals surface area (Å²) in [5, 5.41) is 8.26. The molecule has 2 N–H and O–H groups in total. The van der Waals surface area contributed by atoms with Crippen molar-refractivity contribution >= 4 is 51.3 Å². The molecule has 1 fully saturated rings. The molecule has 3 aromatic rings. The van der Waals surface area contributed by atoms with Gasteiger partial charge in [-0.1, -0.05) is 17.7 Å². The number of pyridine rings is 1. The predicted molar refractivity (Wildman–Crippen MR) is 122 cm³/mol. The predicted octanol–water partition coefficient (Wildman–Crippen LogP) is 5.42. The fourth-order valence-corrected chi connectivity index (χ4v) is 4.00. The maximum atomic E-state index is 13.2. The van der Waals surface area contributed by atoms with Crippen molar-refractivity contribution in [2.45, 2.75) is 26.3 Å². The molecule has 7 heteroatoms. The van der Waals surface area contributed by atoms with Crippen molar-refractivity contribution in [3.05, 3.63) is 64.4 Å². The Balaban J connectivity index is 1.45. The number of nitrogens with zero attached hydrogens (tertiary/aromatic N) is 2. The highest BCUT2D eigenvalue weighted by Gasteiger charge is 2.15. The molecule has 4 rings (SSSR count). The molecule has 1 aliphatic rings. The SMILES string of the molecule is Cc1cc(N2CCCC2)nc2ccc(NC(=S)NCc3ccc(F)cc3Cl)cc12. The largest absolute Gasteiger partial charge is 0.358 e. The first kappa shape index (κ1) is 19.9. The van der Waals surface area contributed by atoms with Crippen LogP contribution in [-0.4, -0.2) is 23.2 Å². The molecule has 0 amide bonds. The highest BCUT2D eigenvalue weighted by Crippen LogP contribution is 2.27. The maximum Gasteiger partial charge on any atom is 0.171 e. The summed E-state index contributed by atoms with van der Waals surface area (Å²) >= 11 is 11.5. The first-order valence-electron chi connectivity index (χ1n) is 9.65. The average molecular weight is 429 g/mol. The Morgan fingerprint density at radius 2 is 1.97 bits per heavy atom. The molecule has 0 radical (unpaired) electrons. The lowest BCUT2D eigenvalue weighted by Gasteiger charge is -2.18. The lowest BCUT2D eigenvalue weighted by Crippen LogP contribution is -2.28. The van der Waals surface area contributed by atoms with Gasteiger partial charge in [0.1, 0.15) is 11.6 Å². The number of thiocarbonyl (C=S) groups is 1. The summed E-state index contributed by atoms with van der Waals surface area (Å²) in [5.74, 6) is 0.703. The molecule has 0 spiro atoms. The third-order valence-corrected chi connectivity index (χ3v) is 5.74. The quantitative estimate of drug-likeness (QED) is 0.543. The number of hydrogen-bond acceptors (Lipinski definition) is 3. The van der Waals surface area contributed by atoms with E-state index in [2.05, 4.69) is 34.6 Å². The molecule has 2 heterocycles. The van der Waals surface area contributed by atoms with E-state index < -0.39 is 0 Å². The molecule has 150 valence electrons. The standard InChI is InChI=1S/C22H22ClFN4S/c1-14-10-21(28-8-2-3-9-28)27-20-7-6-17(12-18(14)20)26-22(29)25-13-15-4-5-16(24)11-19(15)23/h4-7,10-12H,2-3,8-9,13H2,1H3,(H2,25,26,29). The van der Waals surface area contributed by atoms with Crippen molar-refractivity contribution < 1.29 is 4.39 Å². The molecular weight excluding hydrogens is 407 g/mol. The fraction of sp³-hybridized carbons (Fsp3) is 0.273. The molecule has 1 aromatic heterocycles. The Bertz CT molecular complexity index is 1070. The van der Waals surface area contributed by atoms with Gasteiger partial charge in [-0.15, -0.1) is 0 Å². The molecule has 0 saturated carbocycles. The highest BCUT2D eigenvalue weighted by atomic mass is 35.5. The number of hydrogen-bond donors (Lipinski definition) is 2. The number of rotatable bonds is 4. The molecule has 0 bridgehead atoms. The smallest absolute Gasteiger partial charge is 0.171 e. The molecule has 0 atom stereocenters. The van der Waals surface area contributed by atoms with Crippen molar-refractivity contribution in [2.75, 3.05) is 23.3 Å². The third kappa shape index (κ3) is 4.60. The monoisotopic (exact) mass is 428 g/mol. The summed E-state index contributed by atoms with van der Waals surface area (Å²) in [4.78, 5) is 7.18. The van der Waals surface area contributed by atoms with Crippen molar-refractivity contribution in [3.63, 3.8) is 0 Å². The fourth-order valence-electron chi connectivity index (χ4n) is 3.58. The van der Waals surface area contributed by atoms with Crippen LogP contribution >= 0.6 is 23.8 Å². The summed E-state index contributed by atoms with van der Waals surface area (Å²) in [7, 11) is 0. The topological polar surface area (TPSA) is 40.2 Å². The van der Waals surface area contributed by atoms with Crippen LogP contribution in [0.4, 0.5) is 15.9 Å². The summed E-state index contributed by atoms with van der Waals surface area (Å²) in [6, 6.07) is 12.5. The van der Waals surface area contributed by atoms with E-state index in [1.807, 2.05) is 12.1 Å². The van der Waals surface area contributed by atoms with Gasteiger partial charge in [0.15, 0.2) is 5.11 Å². The maximum absolute atomic E-state index is 13.2. The van der Waals surface area contributed by atoms with Crippen LogP contribution in [0.15, 0.2) is 42.5 Å². The number of nitrogens with one attached hydrogen (secondary N) is 2. The zero-order valence-electron chi connectivity index (χ0n) is 16.1. The minimum Gasteiger partial charge on any atom is -0.358 e. The Hall–Kier alpha value is -2.44. The molecule has 1 aliphatic heterocycles. The van der Waals surface area contributed by atoms with E-state index in [-0.39, 0.29) is 5.82 Å². The van der Waals surface area contributed by atoms with E-state index in [1.165, 1.54) is 30.5 Å². The second-order valence-corrected chi connectivity index (χ2v) is 8.08. The van der Waals surface area contributed by atoms with E-state index in [0.29, 0.717) is 16.7 Å². The Morgan fingerprint density at radius 1 is 1.17 bits per heavy atom. The van der Waals surface area contributed by atoms with E-state index in [4.69, 9.17) is 28.8 Å². The summed E-state index contributed by atoms with van der Waals surface area (Å²) < 4.78 is 13.2. The highest BCUT2D eigenvalue weighted by molar-refractivity contribution is 7.80. The molecule has 29 heavy (non-hydrogen) atoms. The van der Waals surface area contributed by atoms with Gasteiger partial charge in [-0.2, -0.15) is 0 Å². The minimum atomic E-state index is -0.354. The van der Waals surface area contributed by atoms with Crippen molar-refractivity contribution in [1.82, 2.24) is 10.3 Å². The van der Waals surface area contributed by atoms with E-state index in [0.717, 1.165) is 41.1 Å². The van der Waals surface area contributed by atoms with Gasteiger partial charge < -0.3 is 15.5 Å². The van der Waals surface area contributed by atoms with Crippen LogP contribution in [0.1, 0.15) is 24.0 Å². The van der Waals surface area contributed by atoms with E-state index >= 15 is 0 Å². The zero-order valence-corrected chi connectivity index (χ0v) is 17.7. The van der Waals surface area contributed by atoms with Crippen LogP contribution in [0.25, 0.3) is 10.9 Å². The average Bonchev–Trinajstić information content (AvgIpc) is 3.22. The van der Waals surface area contributed by atoms with Crippen LogP contribution < -0.4 is 15.5 Å². The van der Waals surface area contributed by atoms with Gasteiger partial charge >= 0.3 is 0 Å². The molecule has 0 unspecified atom stereocenters. The summed E-state index contributed by atoms with van der Waals surface area (Å²) in [6.07, 6.45) is 2.46. The molecule has 4 nitrogen and oxygen atoms in total. The van der Waals surface area contributed by atoms with Crippen LogP contribution in [0.5, 0.6) is 0 Å². The van der Waals surface area contributed by atoms with Gasteiger partial charge in [-0.3, -0.25) is 0 Å². The van der Waals surface area contributed by atoms with Crippen molar-refractivity contribution in [3.8, 4) is 0 Å².